The van der Waals surface area contributed by atoms with Gasteiger partial charge in [0.1, 0.15) is 0 Å². The largest absolute Gasteiger partial charge is 0.369 e. The molecule has 7 heteroatoms. The molecule has 0 aliphatic carbocycles. The molecule has 0 bridgehead atoms. The zero-order valence-corrected chi connectivity index (χ0v) is 13.2. The highest BCUT2D eigenvalue weighted by atomic mass is 32.2. The molecular formula is C14H20N4O2S. The quantitative estimate of drug-likeness (QED) is 0.659. The number of thioether (sulfide) groups is 1. The number of carbonyl (C=O) groups excluding carboxylic acids is 2. The van der Waals surface area contributed by atoms with Gasteiger partial charge in [-0.25, -0.2) is 9.97 Å². The molecule has 1 unspecified atom stereocenters. The molecule has 2 heterocycles. The lowest BCUT2D eigenvalue weighted by molar-refractivity contribution is -0.132. The number of nitrogens with zero attached hydrogens (tertiary/aromatic N) is 3. The highest BCUT2D eigenvalue weighted by Crippen LogP contribution is 2.19. The van der Waals surface area contributed by atoms with E-state index in [1.54, 1.807) is 4.90 Å². The van der Waals surface area contributed by atoms with Crippen molar-refractivity contribution in [1.82, 2.24) is 14.9 Å². The third-order valence-corrected chi connectivity index (χ3v) is 4.30. The van der Waals surface area contributed by atoms with E-state index in [-0.39, 0.29) is 23.5 Å². The van der Waals surface area contributed by atoms with Gasteiger partial charge in [0.05, 0.1) is 11.7 Å². The standard InChI is InChI=1S/C14H20N4O2S/c1-9-6-10(2)17-14(16-9)21-8-12(19)18-5-3-4-11(7-18)13(15)20/h6,11H,3-5,7-8H2,1-2H3,(H2,15,20). The highest BCUT2D eigenvalue weighted by Gasteiger charge is 2.26. The van der Waals surface area contributed by atoms with Crippen molar-refractivity contribution in [3.63, 3.8) is 0 Å². The maximum absolute atomic E-state index is 12.2. The van der Waals surface area contributed by atoms with E-state index in [1.807, 2.05) is 19.9 Å². The molecule has 21 heavy (non-hydrogen) atoms. The Bertz CT molecular complexity index is 530. The predicted molar refractivity (Wildman–Crippen MR) is 80.7 cm³/mol. The maximum atomic E-state index is 12.2. The first-order valence-corrected chi connectivity index (χ1v) is 7.96. The molecule has 1 aliphatic heterocycles. The van der Waals surface area contributed by atoms with E-state index in [1.165, 1.54) is 11.8 Å². The molecule has 2 rings (SSSR count). The Balaban J connectivity index is 1.90. The van der Waals surface area contributed by atoms with Crippen molar-refractivity contribution in [1.29, 1.82) is 0 Å². The zero-order chi connectivity index (χ0) is 15.4. The number of hydrogen-bond acceptors (Lipinski definition) is 5. The Hall–Kier alpha value is -1.63. The van der Waals surface area contributed by atoms with Crippen molar-refractivity contribution in [3.05, 3.63) is 17.5 Å². The molecule has 114 valence electrons. The van der Waals surface area contributed by atoms with E-state index in [2.05, 4.69) is 9.97 Å². The first-order chi connectivity index (χ1) is 9.95. The average molecular weight is 308 g/mol. The second kappa shape index (κ2) is 6.89. The SMILES string of the molecule is Cc1cc(C)nc(SCC(=O)N2CCCC(C(N)=O)C2)n1. The Labute approximate surface area is 128 Å². The van der Waals surface area contributed by atoms with Gasteiger partial charge in [-0.15, -0.1) is 0 Å². The number of likely N-dealkylation sites (tertiary alicyclic amines) is 1. The van der Waals surface area contributed by atoms with Gasteiger partial charge < -0.3 is 10.6 Å². The first kappa shape index (κ1) is 15.8. The van der Waals surface area contributed by atoms with Gasteiger partial charge in [-0.2, -0.15) is 0 Å². The van der Waals surface area contributed by atoms with Crippen molar-refractivity contribution in [2.24, 2.45) is 11.7 Å². The summed E-state index contributed by atoms with van der Waals surface area (Å²) in [5.74, 6) is -0.245. The summed E-state index contributed by atoms with van der Waals surface area (Å²) in [5, 5.41) is 0.615. The molecule has 1 saturated heterocycles. The summed E-state index contributed by atoms with van der Waals surface area (Å²) in [7, 11) is 0. The summed E-state index contributed by atoms with van der Waals surface area (Å²) in [6, 6.07) is 1.90. The minimum Gasteiger partial charge on any atom is -0.369 e. The maximum Gasteiger partial charge on any atom is 0.233 e. The van der Waals surface area contributed by atoms with Gasteiger partial charge >= 0.3 is 0 Å². The van der Waals surface area contributed by atoms with Crippen LogP contribution in [0.3, 0.4) is 0 Å². The van der Waals surface area contributed by atoms with Crippen LogP contribution in [-0.2, 0) is 9.59 Å². The summed E-state index contributed by atoms with van der Waals surface area (Å²) < 4.78 is 0. The number of aromatic nitrogens is 2. The number of carbonyl (C=O) groups is 2. The molecule has 2 amide bonds. The second-order valence-corrected chi connectivity index (χ2v) is 6.25. The number of piperidine rings is 1. The predicted octanol–water partition coefficient (Wildman–Crippen LogP) is 0.909. The molecule has 1 aromatic heterocycles. The van der Waals surface area contributed by atoms with Gasteiger partial charge in [0.2, 0.25) is 11.8 Å². The fourth-order valence-electron chi connectivity index (χ4n) is 2.41. The van der Waals surface area contributed by atoms with Crippen LogP contribution in [0.15, 0.2) is 11.2 Å². The number of aryl methyl sites for hydroxylation is 2. The molecule has 1 atom stereocenters. The molecular weight excluding hydrogens is 288 g/mol. The lowest BCUT2D eigenvalue weighted by atomic mass is 9.97. The van der Waals surface area contributed by atoms with Gasteiger partial charge in [-0.3, -0.25) is 9.59 Å². The lowest BCUT2D eigenvalue weighted by Gasteiger charge is -2.31. The Kier molecular flexibility index (Phi) is 5.17. The van der Waals surface area contributed by atoms with Crippen molar-refractivity contribution >= 4 is 23.6 Å². The summed E-state index contributed by atoms with van der Waals surface area (Å²) in [6.45, 7) is 4.94. The van der Waals surface area contributed by atoms with Crippen LogP contribution in [0.2, 0.25) is 0 Å². The van der Waals surface area contributed by atoms with E-state index in [0.29, 0.717) is 18.2 Å². The molecule has 1 aromatic rings. The minimum absolute atomic E-state index is 0.00806. The van der Waals surface area contributed by atoms with Gasteiger partial charge in [0, 0.05) is 24.5 Å². The summed E-state index contributed by atoms with van der Waals surface area (Å²) in [5.41, 5.74) is 7.11. The van der Waals surface area contributed by atoms with E-state index in [4.69, 9.17) is 5.73 Å². The van der Waals surface area contributed by atoms with Crippen LogP contribution >= 0.6 is 11.8 Å². The molecule has 0 saturated carbocycles. The van der Waals surface area contributed by atoms with Crippen LogP contribution < -0.4 is 5.73 Å². The average Bonchev–Trinajstić information content (AvgIpc) is 2.44. The van der Waals surface area contributed by atoms with E-state index < -0.39 is 0 Å². The van der Waals surface area contributed by atoms with E-state index >= 15 is 0 Å². The van der Waals surface area contributed by atoms with Crippen LogP contribution in [0, 0.1) is 19.8 Å². The van der Waals surface area contributed by atoms with Gasteiger partial charge in [-0.1, -0.05) is 11.8 Å². The van der Waals surface area contributed by atoms with Crippen LogP contribution in [0.5, 0.6) is 0 Å². The molecule has 0 aromatic carbocycles. The van der Waals surface area contributed by atoms with Crippen LogP contribution in [0.25, 0.3) is 0 Å². The van der Waals surface area contributed by atoms with E-state index in [0.717, 1.165) is 24.2 Å². The Morgan fingerprint density at radius 1 is 1.38 bits per heavy atom. The number of hydrogen-bond donors (Lipinski definition) is 1. The summed E-state index contributed by atoms with van der Waals surface area (Å²) >= 11 is 1.33. The number of amides is 2. The van der Waals surface area contributed by atoms with Gasteiger partial charge in [0.15, 0.2) is 5.16 Å². The highest BCUT2D eigenvalue weighted by molar-refractivity contribution is 7.99. The summed E-state index contributed by atoms with van der Waals surface area (Å²) in [4.78, 5) is 33.8. The number of primary amides is 1. The topological polar surface area (TPSA) is 89.2 Å². The van der Waals surface area contributed by atoms with Crippen molar-refractivity contribution in [2.75, 3.05) is 18.8 Å². The zero-order valence-electron chi connectivity index (χ0n) is 12.3. The molecule has 2 N–H and O–H groups in total. The molecule has 1 fully saturated rings. The van der Waals surface area contributed by atoms with Gasteiger partial charge in [0.25, 0.3) is 0 Å². The monoisotopic (exact) mass is 308 g/mol. The number of nitrogens with two attached hydrogens (primary N) is 1. The van der Waals surface area contributed by atoms with Crippen LogP contribution in [0.4, 0.5) is 0 Å². The van der Waals surface area contributed by atoms with Crippen molar-refractivity contribution < 1.29 is 9.59 Å². The molecule has 0 spiro atoms. The second-order valence-electron chi connectivity index (χ2n) is 5.30. The van der Waals surface area contributed by atoms with Crippen molar-refractivity contribution in [2.45, 2.75) is 31.8 Å². The summed E-state index contributed by atoms with van der Waals surface area (Å²) in [6.07, 6.45) is 1.59. The van der Waals surface area contributed by atoms with Crippen molar-refractivity contribution in [3.8, 4) is 0 Å². The Morgan fingerprint density at radius 3 is 2.67 bits per heavy atom. The Morgan fingerprint density at radius 2 is 2.05 bits per heavy atom. The number of rotatable bonds is 4. The first-order valence-electron chi connectivity index (χ1n) is 6.98. The van der Waals surface area contributed by atoms with Crippen LogP contribution in [-0.4, -0.2) is 45.5 Å². The third kappa shape index (κ3) is 4.42. The fraction of sp³-hybridized carbons (Fsp3) is 0.571. The normalized spacial score (nSPS) is 18.6. The fourth-order valence-corrected chi connectivity index (χ4v) is 3.26. The van der Waals surface area contributed by atoms with Crippen LogP contribution in [0.1, 0.15) is 24.2 Å². The molecule has 6 nitrogen and oxygen atoms in total. The third-order valence-electron chi connectivity index (χ3n) is 3.46. The smallest absolute Gasteiger partial charge is 0.233 e. The van der Waals surface area contributed by atoms with E-state index in [9.17, 15) is 9.59 Å². The lowest BCUT2D eigenvalue weighted by Crippen LogP contribution is -2.44. The van der Waals surface area contributed by atoms with Gasteiger partial charge in [-0.05, 0) is 32.8 Å². The molecule has 1 aliphatic rings. The molecule has 0 radical (unpaired) electrons. The minimum atomic E-state index is -0.321.